The number of fused-ring (bicyclic) bond motifs is 2. The van der Waals surface area contributed by atoms with Gasteiger partial charge in [0.2, 0.25) is 0 Å². The molecule has 0 aromatic carbocycles. The SMILES string of the molecule is Cn1cc(-c2ccc3[nH]nc(-c4nc5cnccc5[nH]4)c3n2)cn1. The van der Waals surface area contributed by atoms with Crippen molar-refractivity contribution in [1.82, 2.24) is 39.9 Å². The summed E-state index contributed by atoms with van der Waals surface area (Å²) in [6.45, 7) is 0. The van der Waals surface area contributed by atoms with Crippen molar-refractivity contribution in [1.29, 1.82) is 0 Å². The lowest BCUT2D eigenvalue weighted by Gasteiger charge is -1.97. The molecule has 0 saturated heterocycles. The Morgan fingerprint density at radius 1 is 1.04 bits per heavy atom. The van der Waals surface area contributed by atoms with Crippen molar-refractivity contribution in [3.8, 4) is 22.8 Å². The van der Waals surface area contributed by atoms with E-state index in [1.165, 1.54) is 0 Å². The maximum absolute atomic E-state index is 4.74. The first kappa shape index (κ1) is 12.9. The van der Waals surface area contributed by atoms with Crippen molar-refractivity contribution in [2.24, 2.45) is 7.05 Å². The van der Waals surface area contributed by atoms with E-state index in [0.717, 1.165) is 33.3 Å². The highest BCUT2D eigenvalue weighted by Gasteiger charge is 2.15. The van der Waals surface area contributed by atoms with Crippen LogP contribution in [0.3, 0.4) is 0 Å². The van der Waals surface area contributed by atoms with E-state index in [4.69, 9.17) is 4.98 Å². The standard InChI is InChI=1S/C16H12N8/c1-24-8-9(6-18-24)10-2-3-12-14(19-10)15(23-22-12)16-20-11-4-5-17-7-13(11)21-16/h2-8H,1H3,(H,20,21)(H,22,23). The zero-order valence-electron chi connectivity index (χ0n) is 12.7. The molecule has 5 aromatic rings. The van der Waals surface area contributed by atoms with Gasteiger partial charge in [-0.2, -0.15) is 10.2 Å². The summed E-state index contributed by atoms with van der Waals surface area (Å²) >= 11 is 0. The number of aromatic amines is 2. The van der Waals surface area contributed by atoms with E-state index in [1.54, 1.807) is 23.3 Å². The predicted molar refractivity (Wildman–Crippen MR) is 89.0 cm³/mol. The molecule has 2 N–H and O–H groups in total. The van der Waals surface area contributed by atoms with E-state index in [-0.39, 0.29) is 0 Å². The van der Waals surface area contributed by atoms with Crippen molar-refractivity contribution < 1.29 is 0 Å². The lowest BCUT2D eigenvalue weighted by Crippen LogP contribution is -1.86. The van der Waals surface area contributed by atoms with Crippen molar-refractivity contribution >= 4 is 22.1 Å². The molecule has 24 heavy (non-hydrogen) atoms. The Bertz CT molecular complexity index is 1150. The summed E-state index contributed by atoms with van der Waals surface area (Å²) in [7, 11) is 1.88. The summed E-state index contributed by atoms with van der Waals surface area (Å²) in [5.74, 6) is 0.667. The summed E-state index contributed by atoms with van der Waals surface area (Å²) in [6.07, 6.45) is 7.17. The van der Waals surface area contributed by atoms with Gasteiger partial charge in [-0.1, -0.05) is 0 Å². The van der Waals surface area contributed by atoms with E-state index in [0.29, 0.717) is 11.5 Å². The lowest BCUT2D eigenvalue weighted by atomic mass is 10.2. The molecular formula is C16H12N8. The molecule has 8 nitrogen and oxygen atoms in total. The summed E-state index contributed by atoms with van der Waals surface area (Å²) < 4.78 is 1.75. The molecule has 0 saturated carbocycles. The molecule has 0 aliphatic rings. The van der Waals surface area contributed by atoms with Crippen LogP contribution in [0.2, 0.25) is 0 Å². The maximum atomic E-state index is 4.74. The highest BCUT2D eigenvalue weighted by atomic mass is 15.2. The van der Waals surface area contributed by atoms with E-state index in [9.17, 15) is 0 Å². The first-order valence-electron chi connectivity index (χ1n) is 7.42. The second-order valence-electron chi connectivity index (χ2n) is 5.55. The molecule has 0 bridgehead atoms. The van der Waals surface area contributed by atoms with Gasteiger partial charge < -0.3 is 4.98 Å². The Labute approximate surface area is 135 Å². The van der Waals surface area contributed by atoms with E-state index in [1.807, 2.05) is 31.4 Å². The fourth-order valence-electron chi connectivity index (χ4n) is 2.75. The molecule has 116 valence electrons. The molecule has 8 heteroatoms. The molecule has 0 fully saturated rings. The van der Waals surface area contributed by atoms with Crippen LogP contribution in [0, 0.1) is 0 Å². The molecule has 5 heterocycles. The minimum absolute atomic E-state index is 0.667. The van der Waals surface area contributed by atoms with Crippen LogP contribution in [0.1, 0.15) is 0 Å². The topological polar surface area (TPSA) is 101 Å². The highest BCUT2D eigenvalue weighted by molar-refractivity contribution is 5.91. The van der Waals surface area contributed by atoms with Crippen molar-refractivity contribution in [2.45, 2.75) is 0 Å². The number of hydrogen-bond donors (Lipinski definition) is 2. The van der Waals surface area contributed by atoms with Gasteiger partial charge in [-0.3, -0.25) is 14.8 Å². The Morgan fingerprint density at radius 2 is 2.00 bits per heavy atom. The number of imidazole rings is 1. The largest absolute Gasteiger partial charge is 0.336 e. The minimum atomic E-state index is 0.667. The van der Waals surface area contributed by atoms with Gasteiger partial charge >= 0.3 is 0 Å². The van der Waals surface area contributed by atoms with Crippen LogP contribution < -0.4 is 0 Å². The number of hydrogen-bond acceptors (Lipinski definition) is 5. The second kappa shape index (κ2) is 4.72. The average molecular weight is 316 g/mol. The van der Waals surface area contributed by atoms with Crippen LogP contribution in [-0.4, -0.2) is 39.9 Å². The summed E-state index contributed by atoms with van der Waals surface area (Å²) in [4.78, 5) is 16.7. The third kappa shape index (κ3) is 1.89. The van der Waals surface area contributed by atoms with Crippen molar-refractivity contribution in [3.05, 3.63) is 43.0 Å². The molecule has 5 rings (SSSR count). The summed E-state index contributed by atoms with van der Waals surface area (Å²) in [5.41, 5.74) is 5.83. The third-order valence-electron chi connectivity index (χ3n) is 3.92. The summed E-state index contributed by atoms with van der Waals surface area (Å²) in [5, 5.41) is 11.6. The molecule has 0 amide bonds. The Balaban J connectivity index is 1.70. The zero-order chi connectivity index (χ0) is 16.1. The number of nitrogens with zero attached hydrogens (tertiary/aromatic N) is 6. The van der Waals surface area contributed by atoms with Crippen LogP contribution in [-0.2, 0) is 7.05 Å². The van der Waals surface area contributed by atoms with Crippen LogP contribution in [0.25, 0.3) is 44.8 Å². The van der Waals surface area contributed by atoms with Gasteiger partial charge in [-0.05, 0) is 18.2 Å². The van der Waals surface area contributed by atoms with E-state index < -0.39 is 0 Å². The number of pyridine rings is 2. The molecule has 0 atom stereocenters. The normalized spacial score (nSPS) is 11.5. The van der Waals surface area contributed by atoms with Crippen molar-refractivity contribution in [2.75, 3.05) is 0 Å². The second-order valence-corrected chi connectivity index (χ2v) is 5.55. The summed E-state index contributed by atoms with van der Waals surface area (Å²) in [6, 6.07) is 5.80. The first-order valence-corrected chi connectivity index (χ1v) is 7.42. The van der Waals surface area contributed by atoms with E-state index >= 15 is 0 Å². The van der Waals surface area contributed by atoms with Gasteiger partial charge in [0.1, 0.15) is 11.0 Å². The Kier molecular flexibility index (Phi) is 2.55. The van der Waals surface area contributed by atoms with Gasteiger partial charge in [0.15, 0.2) is 11.5 Å². The fraction of sp³-hybridized carbons (Fsp3) is 0.0625. The molecule has 0 aliphatic heterocycles. The molecular weight excluding hydrogens is 304 g/mol. The van der Waals surface area contributed by atoms with Gasteiger partial charge in [0.25, 0.3) is 0 Å². The number of aryl methyl sites for hydroxylation is 1. The molecule has 0 spiro atoms. The molecule has 0 aliphatic carbocycles. The smallest absolute Gasteiger partial charge is 0.161 e. The Morgan fingerprint density at radius 3 is 2.83 bits per heavy atom. The molecule has 0 unspecified atom stereocenters. The van der Waals surface area contributed by atoms with Crippen molar-refractivity contribution in [3.63, 3.8) is 0 Å². The Hall–Kier alpha value is -3.55. The van der Waals surface area contributed by atoms with E-state index in [2.05, 4.69) is 30.2 Å². The lowest BCUT2D eigenvalue weighted by molar-refractivity contribution is 0.768. The predicted octanol–water partition coefficient (Wildman–Crippen LogP) is 2.30. The quantitative estimate of drug-likeness (QED) is 0.520. The van der Waals surface area contributed by atoms with Gasteiger partial charge in [-0.25, -0.2) is 9.97 Å². The maximum Gasteiger partial charge on any atom is 0.161 e. The minimum Gasteiger partial charge on any atom is -0.336 e. The zero-order valence-corrected chi connectivity index (χ0v) is 12.7. The van der Waals surface area contributed by atoms with Crippen LogP contribution in [0.5, 0.6) is 0 Å². The van der Waals surface area contributed by atoms with Gasteiger partial charge in [0, 0.05) is 25.0 Å². The first-order chi connectivity index (χ1) is 11.8. The average Bonchev–Trinajstić information content (AvgIpc) is 3.30. The highest BCUT2D eigenvalue weighted by Crippen LogP contribution is 2.27. The van der Waals surface area contributed by atoms with Crippen LogP contribution >= 0.6 is 0 Å². The fourth-order valence-corrected chi connectivity index (χ4v) is 2.75. The molecule has 0 radical (unpaired) electrons. The van der Waals surface area contributed by atoms with Crippen LogP contribution in [0.4, 0.5) is 0 Å². The number of nitrogens with one attached hydrogen (secondary N) is 2. The van der Waals surface area contributed by atoms with Crippen LogP contribution in [0.15, 0.2) is 43.0 Å². The monoisotopic (exact) mass is 316 g/mol. The third-order valence-corrected chi connectivity index (χ3v) is 3.92. The molecule has 5 aromatic heterocycles. The number of aromatic nitrogens is 8. The number of rotatable bonds is 2. The van der Waals surface area contributed by atoms with Gasteiger partial charge in [0.05, 0.1) is 29.1 Å². The number of H-pyrrole nitrogens is 2. The van der Waals surface area contributed by atoms with Gasteiger partial charge in [-0.15, -0.1) is 0 Å².